The van der Waals surface area contributed by atoms with Crippen molar-refractivity contribution in [2.24, 2.45) is 11.8 Å². The second kappa shape index (κ2) is 6.93. The summed E-state index contributed by atoms with van der Waals surface area (Å²) in [4.78, 5) is 2.70. The molecule has 2 fully saturated rings. The number of hydrogen-bond donors (Lipinski definition) is 1. The van der Waals surface area contributed by atoms with Crippen molar-refractivity contribution in [2.75, 3.05) is 19.6 Å². The van der Waals surface area contributed by atoms with Crippen LogP contribution in [-0.4, -0.2) is 30.6 Å². The molecule has 1 N–H and O–H groups in total. The molecule has 1 saturated carbocycles. The largest absolute Gasteiger partial charge is 0.314 e. The third kappa shape index (κ3) is 4.08. The molecule has 0 radical (unpaired) electrons. The van der Waals surface area contributed by atoms with E-state index in [0.29, 0.717) is 12.0 Å². The van der Waals surface area contributed by atoms with Crippen molar-refractivity contribution >= 4 is 0 Å². The summed E-state index contributed by atoms with van der Waals surface area (Å²) in [7, 11) is 0. The van der Waals surface area contributed by atoms with E-state index < -0.39 is 0 Å². The van der Waals surface area contributed by atoms with Crippen LogP contribution in [0.2, 0.25) is 0 Å². The van der Waals surface area contributed by atoms with Gasteiger partial charge in [0.05, 0.1) is 0 Å². The average Bonchev–Trinajstić information content (AvgIpc) is 3.32. The molecule has 1 atom stereocenters. The van der Waals surface area contributed by atoms with E-state index in [2.05, 4.69) is 54.4 Å². The molecule has 1 unspecified atom stereocenters. The summed E-state index contributed by atoms with van der Waals surface area (Å²) in [5, 5.41) is 3.79. The van der Waals surface area contributed by atoms with Crippen LogP contribution in [0.5, 0.6) is 0 Å². The van der Waals surface area contributed by atoms with E-state index in [1.54, 1.807) is 0 Å². The summed E-state index contributed by atoms with van der Waals surface area (Å²) < 4.78 is 0. The highest BCUT2D eigenvalue weighted by Gasteiger charge is 2.29. The number of rotatable bonds is 6. The molecule has 2 heteroatoms. The molecule has 116 valence electrons. The van der Waals surface area contributed by atoms with E-state index in [9.17, 15) is 0 Å². The zero-order chi connectivity index (χ0) is 14.7. The van der Waals surface area contributed by atoms with Gasteiger partial charge in [-0.15, -0.1) is 0 Å². The van der Waals surface area contributed by atoms with E-state index in [1.807, 2.05) is 0 Å². The monoisotopic (exact) mass is 286 g/mol. The molecule has 1 heterocycles. The molecule has 21 heavy (non-hydrogen) atoms. The van der Waals surface area contributed by atoms with Gasteiger partial charge in [0.15, 0.2) is 0 Å². The second-order valence-corrected chi connectivity index (χ2v) is 7.26. The van der Waals surface area contributed by atoms with Crippen LogP contribution < -0.4 is 5.32 Å². The Morgan fingerprint density at radius 1 is 1.05 bits per heavy atom. The average molecular weight is 286 g/mol. The highest BCUT2D eigenvalue weighted by Crippen LogP contribution is 2.31. The van der Waals surface area contributed by atoms with Gasteiger partial charge in [-0.3, -0.25) is 4.90 Å². The predicted octanol–water partition coefficient (Wildman–Crippen LogP) is 3.85. The first-order chi connectivity index (χ1) is 10.2. The lowest BCUT2D eigenvalue weighted by Gasteiger charge is -2.40. The Morgan fingerprint density at radius 3 is 2.29 bits per heavy atom. The lowest BCUT2D eigenvalue weighted by atomic mass is 9.92. The smallest absolute Gasteiger partial charge is 0.0371 e. The van der Waals surface area contributed by atoms with E-state index in [4.69, 9.17) is 0 Å². The maximum Gasteiger partial charge on any atom is 0.0371 e. The summed E-state index contributed by atoms with van der Waals surface area (Å²) >= 11 is 0. The van der Waals surface area contributed by atoms with Crippen molar-refractivity contribution in [3.8, 4) is 0 Å². The fraction of sp³-hybridized carbons (Fsp3) is 0.684. The van der Waals surface area contributed by atoms with Gasteiger partial charge >= 0.3 is 0 Å². The van der Waals surface area contributed by atoms with Crippen LogP contribution in [0.25, 0.3) is 0 Å². The molecule has 0 amide bonds. The van der Waals surface area contributed by atoms with E-state index >= 15 is 0 Å². The zero-order valence-corrected chi connectivity index (χ0v) is 13.6. The van der Waals surface area contributed by atoms with Crippen molar-refractivity contribution in [3.05, 3.63) is 35.9 Å². The van der Waals surface area contributed by atoms with Crippen LogP contribution in [-0.2, 0) is 0 Å². The first-order valence-corrected chi connectivity index (χ1v) is 8.76. The van der Waals surface area contributed by atoms with Gasteiger partial charge in [0.25, 0.3) is 0 Å². The Kier molecular flexibility index (Phi) is 4.97. The Labute approximate surface area is 129 Å². The second-order valence-electron chi connectivity index (χ2n) is 7.26. The Morgan fingerprint density at radius 2 is 1.71 bits per heavy atom. The van der Waals surface area contributed by atoms with Crippen LogP contribution >= 0.6 is 0 Å². The van der Waals surface area contributed by atoms with Crippen molar-refractivity contribution in [3.63, 3.8) is 0 Å². The van der Waals surface area contributed by atoms with E-state index in [1.165, 1.54) is 50.9 Å². The lowest BCUT2D eigenvalue weighted by molar-refractivity contribution is 0.113. The summed E-state index contributed by atoms with van der Waals surface area (Å²) in [5.41, 5.74) is 1.48. The van der Waals surface area contributed by atoms with E-state index in [0.717, 1.165) is 12.0 Å². The van der Waals surface area contributed by atoms with Gasteiger partial charge in [-0.25, -0.2) is 0 Å². The normalized spacial score (nSPS) is 22.6. The third-order valence-corrected chi connectivity index (χ3v) is 5.09. The third-order valence-electron chi connectivity index (χ3n) is 5.09. The van der Waals surface area contributed by atoms with Crippen molar-refractivity contribution in [2.45, 2.75) is 51.6 Å². The Balaban J connectivity index is 1.55. The number of likely N-dealkylation sites (tertiary alicyclic amines) is 1. The van der Waals surface area contributed by atoms with Gasteiger partial charge in [-0.1, -0.05) is 44.2 Å². The molecule has 2 nitrogen and oxygen atoms in total. The van der Waals surface area contributed by atoms with Crippen molar-refractivity contribution in [1.82, 2.24) is 10.2 Å². The maximum absolute atomic E-state index is 3.79. The Hall–Kier alpha value is -0.860. The molecule has 1 saturated heterocycles. The zero-order valence-electron chi connectivity index (χ0n) is 13.6. The number of hydrogen-bond acceptors (Lipinski definition) is 2. The van der Waals surface area contributed by atoms with Gasteiger partial charge in [0.2, 0.25) is 0 Å². The van der Waals surface area contributed by atoms with Gasteiger partial charge in [0.1, 0.15) is 0 Å². The van der Waals surface area contributed by atoms with Crippen molar-refractivity contribution < 1.29 is 0 Å². The molecule has 3 rings (SSSR count). The van der Waals surface area contributed by atoms with Crippen LogP contribution in [0, 0.1) is 11.8 Å². The SMILES string of the molecule is CC(C)C(c1ccccc1)N1CCC(NCC2CC2)CC1. The van der Waals surface area contributed by atoms with Crippen molar-refractivity contribution in [1.29, 1.82) is 0 Å². The van der Waals surface area contributed by atoms with Crippen LogP contribution in [0.1, 0.15) is 51.1 Å². The topological polar surface area (TPSA) is 15.3 Å². The fourth-order valence-electron chi connectivity index (χ4n) is 3.70. The van der Waals surface area contributed by atoms with Gasteiger partial charge in [-0.05, 0) is 49.6 Å². The first-order valence-electron chi connectivity index (χ1n) is 8.76. The minimum absolute atomic E-state index is 0.579. The fourth-order valence-corrected chi connectivity index (χ4v) is 3.70. The highest BCUT2D eigenvalue weighted by atomic mass is 15.2. The molecule has 0 spiro atoms. The quantitative estimate of drug-likeness (QED) is 0.854. The molecule has 0 bridgehead atoms. The molecular weight excluding hydrogens is 256 g/mol. The van der Waals surface area contributed by atoms with Gasteiger partial charge in [-0.2, -0.15) is 0 Å². The summed E-state index contributed by atoms with van der Waals surface area (Å²) in [6.45, 7) is 8.45. The summed E-state index contributed by atoms with van der Waals surface area (Å²) in [5.74, 6) is 1.67. The van der Waals surface area contributed by atoms with Crippen LogP contribution in [0.15, 0.2) is 30.3 Å². The van der Waals surface area contributed by atoms with Crippen LogP contribution in [0.4, 0.5) is 0 Å². The summed E-state index contributed by atoms with van der Waals surface area (Å²) in [6, 6.07) is 12.4. The maximum atomic E-state index is 3.79. The molecule has 2 aliphatic rings. The van der Waals surface area contributed by atoms with E-state index in [-0.39, 0.29) is 0 Å². The molecule has 1 aliphatic heterocycles. The van der Waals surface area contributed by atoms with Crippen LogP contribution in [0.3, 0.4) is 0 Å². The minimum atomic E-state index is 0.579. The predicted molar refractivity (Wildman–Crippen MR) is 89.3 cm³/mol. The summed E-state index contributed by atoms with van der Waals surface area (Å²) in [6.07, 6.45) is 5.52. The highest BCUT2D eigenvalue weighted by molar-refractivity contribution is 5.19. The minimum Gasteiger partial charge on any atom is -0.314 e. The molecule has 0 aromatic heterocycles. The number of benzene rings is 1. The standard InChI is InChI=1S/C19H30N2/c1-15(2)19(17-6-4-3-5-7-17)21-12-10-18(11-13-21)20-14-16-8-9-16/h3-7,15-16,18-20H,8-14H2,1-2H3. The Bertz CT molecular complexity index is 416. The molecule has 1 aromatic rings. The number of nitrogens with one attached hydrogen (secondary N) is 1. The first kappa shape index (κ1) is 15.1. The molecule has 1 aliphatic carbocycles. The lowest BCUT2D eigenvalue weighted by Crippen LogP contribution is -2.45. The van der Waals surface area contributed by atoms with Gasteiger partial charge in [0, 0.05) is 25.2 Å². The number of nitrogens with zero attached hydrogens (tertiary/aromatic N) is 1. The molecule has 1 aromatic carbocycles. The molecular formula is C19H30N2. The van der Waals surface area contributed by atoms with Gasteiger partial charge < -0.3 is 5.32 Å². The number of piperidine rings is 1.